The van der Waals surface area contributed by atoms with Crippen molar-refractivity contribution >= 4 is 39.3 Å². The third-order valence-corrected chi connectivity index (χ3v) is 7.50. The molecule has 1 aliphatic rings. The number of thioether (sulfide) groups is 1. The van der Waals surface area contributed by atoms with Crippen molar-refractivity contribution in [3.05, 3.63) is 59.9 Å². The summed E-state index contributed by atoms with van der Waals surface area (Å²) in [5, 5.41) is 11.6. The smallest absolute Gasteiger partial charge is 0.248 e. The number of nitriles is 1. The van der Waals surface area contributed by atoms with E-state index in [1.54, 1.807) is 24.3 Å². The molecule has 0 saturated carbocycles. The van der Waals surface area contributed by atoms with Crippen molar-refractivity contribution in [2.45, 2.75) is 10.9 Å². The monoisotopic (exact) mass is 462 g/mol. The molecule has 1 saturated heterocycles. The molecule has 0 aliphatic carbocycles. The number of carbonyl (C=O) groups excluding carboxylic acids is 2. The summed E-state index contributed by atoms with van der Waals surface area (Å²) in [4.78, 5) is 26.6. The van der Waals surface area contributed by atoms with Crippen LogP contribution in [0.4, 0.5) is 10.1 Å². The number of amides is 2. The van der Waals surface area contributed by atoms with Crippen LogP contribution in [0.1, 0.15) is 5.56 Å². The van der Waals surface area contributed by atoms with Gasteiger partial charge in [0, 0.05) is 18.5 Å². The van der Waals surface area contributed by atoms with E-state index >= 15 is 0 Å². The Morgan fingerprint density at radius 3 is 2.48 bits per heavy atom. The molecular weight excluding hydrogens is 443 g/mol. The predicted octanol–water partition coefficient (Wildman–Crippen LogP) is 1.86. The van der Waals surface area contributed by atoms with Gasteiger partial charge in [0.25, 0.3) is 0 Å². The van der Waals surface area contributed by atoms with Crippen LogP contribution in [-0.4, -0.2) is 60.7 Å². The van der Waals surface area contributed by atoms with Gasteiger partial charge in [-0.3, -0.25) is 9.59 Å². The molecule has 8 nitrogen and oxygen atoms in total. The molecule has 1 heterocycles. The number of hydrogen-bond acceptors (Lipinski definition) is 6. The molecule has 1 N–H and O–H groups in total. The minimum absolute atomic E-state index is 0.130. The summed E-state index contributed by atoms with van der Waals surface area (Å²) in [7, 11) is -2.73. The SMILES string of the molecule is CN(CC(=O)N1CSC[C@@H]1C(=O)Nc1ccc(C#N)cc1)S(=O)(=O)c1ccc(F)cc1. The van der Waals surface area contributed by atoms with Gasteiger partial charge in [-0.1, -0.05) is 0 Å². The predicted molar refractivity (Wildman–Crippen MR) is 114 cm³/mol. The van der Waals surface area contributed by atoms with Crippen LogP contribution < -0.4 is 5.32 Å². The second kappa shape index (κ2) is 9.47. The number of nitrogens with one attached hydrogen (secondary N) is 1. The highest BCUT2D eigenvalue weighted by atomic mass is 32.2. The van der Waals surface area contributed by atoms with E-state index in [1.807, 2.05) is 6.07 Å². The average Bonchev–Trinajstić information content (AvgIpc) is 3.25. The average molecular weight is 463 g/mol. The van der Waals surface area contributed by atoms with Crippen molar-refractivity contribution in [2.75, 3.05) is 30.5 Å². The van der Waals surface area contributed by atoms with Crippen molar-refractivity contribution < 1.29 is 22.4 Å². The second-order valence-electron chi connectivity index (χ2n) is 6.77. The summed E-state index contributed by atoms with van der Waals surface area (Å²) in [5.74, 6) is -0.843. The van der Waals surface area contributed by atoms with E-state index in [0.29, 0.717) is 17.0 Å². The van der Waals surface area contributed by atoms with Crippen molar-refractivity contribution in [2.24, 2.45) is 0 Å². The Hall–Kier alpha value is -2.94. The fourth-order valence-corrected chi connectivity index (χ4v) is 5.21. The molecule has 1 aliphatic heterocycles. The molecule has 2 amide bonds. The number of hydrogen-bond donors (Lipinski definition) is 1. The van der Waals surface area contributed by atoms with Crippen molar-refractivity contribution in [3.8, 4) is 6.07 Å². The van der Waals surface area contributed by atoms with Crippen LogP contribution in [0.3, 0.4) is 0 Å². The number of carbonyl (C=O) groups is 2. The van der Waals surface area contributed by atoms with Crippen LogP contribution in [0.15, 0.2) is 53.4 Å². The number of likely N-dealkylation sites (N-methyl/N-ethyl adjacent to an activating group) is 1. The number of benzene rings is 2. The van der Waals surface area contributed by atoms with E-state index in [0.717, 1.165) is 28.6 Å². The lowest BCUT2D eigenvalue weighted by Gasteiger charge is -2.25. The summed E-state index contributed by atoms with van der Waals surface area (Å²) in [6.45, 7) is -0.457. The van der Waals surface area contributed by atoms with E-state index in [2.05, 4.69) is 5.32 Å². The third-order valence-electron chi connectivity index (χ3n) is 4.67. The van der Waals surface area contributed by atoms with E-state index in [-0.39, 0.29) is 10.8 Å². The minimum Gasteiger partial charge on any atom is -0.324 e. The van der Waals surface area contributed by atoms with Gasteiger partial charge in [0.15, 0.2) is 0 Å². The largest absolute Gasteiger partial charge is 0.324 e. The van der Waals surface area contributed by atoms with Gasteiger partial charge < -0.3 is 10.2 Å². The first-order valence-electron chi connectivity index (χ1n) is 9.12. The van der Waals surface area contributed by atoms with Crippen LogP contribution in [-0.2, 0) is 19.6 Å². The summed E-state index contributed by atoms with van der Waals surface area (Å²) < 4.78 is 39.2. The van der Waals surface area contributed by atoms with Gasteiger partial charge in [0.2, 0.25) is 21.8 Å². The highest BCUT2D eigenvalue weighted by Crippen LogP contribution is 2.23. The lowest BCUT2D eigenvalue weighted by atomic mass is 10.2. The molecule has 0 radical (unpaired) electrons. The zero-order valence-corrected chi connectivity index (χ0v) is 18.1. The Bertz CT molecular complexity index is 1120. The van der Waals surface area contributed by atoms with E-state index in [9.17, 15) is 22.4 Å². The van der Waals surface area contributed by atoms with Crippen LogP contribution >= 0.6 is 11.8 Å². The maximum atomic E-state index is 13.1. The Balaban J connectivity index is 1.66. The maximum absolute atomic E-state index is 13.1. The molecule has 0 aromatic heterocycles. The maximum Gasteiger partial charge on any atom is 0.248 e. The topological polar surface area (TPSA) is 111 Å². The van der Waals surface area contributed by atoms with E-state index in [1.165, 1.54) is 23.7 Å². The molecule has 2 aromatic carbocycles. The van der Waals surface area contributed by atoms with Gasteiger partial charge in [-0.05, 0) is 48.5 Å². The number of rotatable bonds is 6. The van der Waals surface area contributed by atoms with Gasteiger partial charge in [0.1, 0.15) is 11.9 Å². The fraction of sp³-hybridized carbons (Fsp3) is 0.250. The van der Waals surface area contributed by atoms with Crippen LogP contribution in [0.5, 0.6) is 0 Å². The van der Waals surface area contributed by atoms with Crippen molar-refractivity contribution in [1.29, 1.82) is 5.26 Å². The minimum atomic E-state index is -3.99. The van der Waals surface area contributed by atoms with Crippen molar-refractivity contribution in [1.82, 2.24) is 9.21 Å². The molecule has 1 fully saturated rings. The summed E-state index contributed by atoms with van der Waals surface area (Å²) in [5.41, 5.74) is 0.945. The highest BCUT2D eigenvalue weighted by Gasteiger charge is 2.36. The summed E-state index contributed by atoms with van der Waals surface area (Å²) in [6.07, 6.45) is 0. The summed E-state index contributed by atoms with van der Waals surface area (Å²) in [6, 6.07) is 11.9. The Morgan fingerprint density at radius 2 is 1.87 bits per heavy atom. The van der Waals surface area contributed by atoms with Gasteiger partial charge >= 0.3 is 0 Å². The van der Waals surface area contributed by atoms with Gasteiger partial charge in [0.05, 0.1) is 28.9 Å². The zero-order valence-electron chi connectivity index (χ0n) is 16.5. The molecule has 3 rings (SSSR count). The van der Waals surface area contributed by atoms with Crippen LogP contribution in [0.25, 0.3) is 0 Å². The molecule has 162 valence electrons. The number of halogens is 1. The number of anilines is 1. The Kier molecular flexibility index (Phi) is 6.94. The molecule has 0 unspecified atom stereocenters. The van der Waals surface area contributed by atoms with Crippen LogP contribution in [0.2, 0.25) is 0 Å². The molecule has 0 spiro atoms. The molecule has 11 heteroatoms. The van der Waals surface area contributed by atoms with Crippen LogP contribution in [0, 0.1) is 17.1 Å². The zero-order chi connectivity index (χ0) is 22.6. The van der Waals surface area contributed by atoms with Crippen molar-refractivity contribution in [3.63, 3.8) is 0 Å². The van der Waals surface area contributed by atoms with E-state index in [4.69, 9.17) is 5.26 Å². The third kappa shape index (κ3) is 5.22. The first-order chi connectivity index (χ1) is 14.7. The highest BCUT2D eigenvalue weighted by molar-refractivity contribution is 7.99. The number of sulfonamides is 1. The lowest BCUT2D eigenvalue weighted by molar-refractivity contribution is -0.136. The summed E-state index contributed by atoms with van der Waals surface area (Å²) >= 11 is 1.39. The normalized spacial score (nSPS) is 16.2. The number of nitrogens with zero attached hydrogens (tertiary/aromatic N) is 3. The van der Waals surface area contributed by atoms with Gasteiger partial charge in [-0.15, -0.1) is 11.8 Å². The second-order valence-corrected chi connectivity index (χ2v) is 9.82. The first kappa shape index (κ1) is 22.7. The first-order valence-corrected chi connectivity index (χ1v) is 11.7. The standard InChI is InChI=1S/C20H19FN4O4S2/c1-24(31(28,29)17-8-4-15(21)5-9-17)11-19(26)25-13-30-12-18(25)20(27)23-16-6-2-14(10-22)3-7-16/h2-9,18H,11-13H2,1H3,(H,23,27)/t18-/m1/s1. The lowest BCUT2D eigenvalue weighted by Crippen LogP contribution is -2.48. The molecule has 31 heavy (non-hydrogen) atoms. The molecule has 0 bridgehead atoms. The molecule has 1 atom stereocenters. The fourth-order valence-electron chi connectivity index (χ4n) is 2.91. The quantitative estimate of drug-likeness (QED) is 0.702. The molecule has 2 aromatic rings. The van der Waals surface area contributed by atoms with Gasteiger partial charge in [-0.2, -0.15) is 9.57 Å². The Labute approximate surface area is 183 Å². The van der Waals surface area contributed by atoms with E-state index < -0.39 is 40.2 Å². The molecular formula is C20H19FN4O4S2. The van der Waals surface area contributed by atoms with Gasteiger partial charge in [-0.25, -0.2) is 12.8 Å². The Morgan fingerprint density at radius 1 is 1.23 bits per heavy atom.